The van der Waals surface area contributed by atoms with Gasteiger partial charge in [-0.15, -0.1) is 0 Å². The summed E-state index contributed by atoms with van der Waals surface area (Å²) in [6.07, 6.45) is -4.40. The maximum atomic E-state index is 12.2. The number of rotatable bonds is 3. The van der Waals surface area contributed by atoms with Gasteiger partial charge in [0.1, 0.15) is 12.6 Å². The second kappa shape index (κ2) is 6.34. The molecular weight excluding hydrogens is 283 g/mol. The summed E-state index contributed by atoms with van der Waals surface area (Å²) in [5, 5.41) is 5.17. The van der Waals surface area contributed by atoms with E-state index >= 15 is 0 Å². The average molecular weight is 301 g/mol. The monoisotopic (exact) mass is 301 g/mol. The lowest BCUT2D eigenvalue weighted by Crippen LogP contribution is -2.48. The van der Waals surface area contributed by atoms with Gasteiger partial charge in [0.05, 0.1) is 0 Å². The summed E-state index contributed by atoms with van der Waals surface area (Å²) in [7, 11) is 0. The molecule has 0 aliphatic carbocycles. The Kier molecular flexibility index (Phi) is 4.72. The van der Waals surface area contributed by atoms with Crippen molar-refractivity contribution in [3.05, 3.63) is 29.8 Å². The number of carbonyl (C=O) groups excluding carboxylic acids is 1. The summed E-state index contributed by atoms with van der Waals surface area (Å²) >= 11 is 0. The van der Waals surface area contributed by atoms with Crippen molar-refractivity contribution in [3.63, 3.8) is 0 Å². The van der Waals surface area contributed by atoms with Crippen LogP contribution in [0.4, 0.5) is 18.9 Å². The molecule has 4 nitrogen and oxygen atoms in total. The average Bonchev–Trinajstić information content (AvgIpc) is 2.65. The molecule has 1 aliphatic rings. The summed E-state index contributed by atoms with van der Waals surface area (Å²) in [6, 6.07) is 6.93. The number of hydrogen-bond acceptors (Lipinski definition) is 3. The third-order valence-corrected chi connectivity index (χ3v) is 3.46. The molecule has 2 N–H and O–H groups in total. The largest absolute Gasteiger partial charge is 0.405 e. The van der Waals surface area contributed by atoms with Crippen molar-refractivity contribution < 1.29 is 18.0 Å². The first kappa shape index (κ1) is 15.6. The van der Waals surface area contributed by atoms with Gasteiger partial charge < -0.3 is 15.5 Å². The quantitative estimate of drug-likeness (QED) is 0.892. The zero-order valence-corrected chi connectivity index (χ0v) is 11.7. The topological polar surface area (TPSA) is 44.4 Å². The van der Waals surface area contributed by atoms with Crippen molar-refractivity contribution in [2.75, 3.05) is 24.5 Å². The molecule has 1 unspecified atom stereocenters. The fourth-order valence-electron chi connectivity index (χ4n) is 2.36. The van der Waals surface area contributed by atoms with Crippen LogP contribution in [0, 0.1) is 0 Å². The highest BCUT2D eigenvalue weighted by atomic mass is 19.4. The highest BCUT2D eigenvalue weighted by molar-refractivity contribution is 5.85. The maximum Gasteiger partial charge on any atom is 0.405 e. The number of halogens is 3. The molecule has 1 aliphatic heterocycles. The SMILES string of the molecule is CC(C(=O)NCC(F)(F)F)N1CCNCc2ccccc21. The van der Waals surface area contributed by atoms with Crippen LogP contribution in [0.25, 0.3) is 0 Å². The van der Waals surface area contributed by atoms with Gasteiger partial charge in [-0.2, -0.15) is 13.2 Å². The van der Waals surface area contributed by atoms with Crippen molar-refractivity contribution in [2.24, 2.45) is 0 Å². The highest BCUT2D eigenvalue weighted by Gasteiger charge is 2.30. The molecule has 0 saturated carbocycles. The minimum Gasteiger partial charge on any atom is -0.358 e. The molecule has 0 spiro atoms. The van der Waals surface area contributed by atoms with Crippen LogP contribution in [0.5, 0.6) is 0 Å². The number of nitrogens with zero attached hydrogens (tertiary/aromatic N) is 1. The number of carbonyl (C=O) groups is 1. The van der Waals surface area contributed by atoms with Crippen molar-refractivity contribution in [3.8, 4) is 0 Å². The normalized spacial score (nSPS) is 16.9. The lowest BCUT2D eigenvalue weighted by atomic mass is 10.1. The number of alkyl halides is 3. The summed E-state index contributed by atoms with van der Waals surface area (Å²) in [5.74, 6) is -0.621. The van der Waals surface area contributed by atoms with E-state index in [1.165, 1.54) is 0 Å². The van der Waals surface area contributed by atoms with Crippen molar-refractivity contribution >= 4 is 11.6 Å². The van der Waals surface area contributed by atoms with E-state index in [0.717, 1.165) is 11.3 Å². The van der Waals surface area contributed by atoms with Gasteiger partial charge in [-0.3, -0.25) is 4.79 Å². The van der Waals surface area contributed by atoms with Crippen LogP contribution < -0.4 is 15.5 Å². The molecule has 0 saturated heterocycles. The van der Waals surface area contributed by atoms with E-state index in [-0.39, 0.29) is 0 Å². The fourth-order valence-corrected chi connectivity index (χ4v) is 2.36. The Hall–Kier alpha value is -1.76. The Labute approximate surface area is 121 Å². The first-order chi connectivity index (χ1) is 9.88. The second-order valence-corrected chi connectivity index (χ2v) is 5.01. The summed E-state index contributed by atoms with van der Waals surface area (Å²) in [5.41, 5.74) is 1.92. The molecule has 116 valence electrons. The van der Waals surface area contributed by atoms with E-state index in [0.29, 0.717) is 19.6 Å². The van der Waals surface area contributed by atoms with Crippen LogP contribution in [0.3, 0.4) is 0 Å². The number of nitrogens with one attached hydrogen (secondary N) is 2. The third-order valence-electron chi connectivity index (χ3n) is 3.46. The predicted molar refractivity (Wildman–Crippen MR) is 74.0 cm³/mol. The fraction of sp³-hybridized carbons (Fsp3) is 0.500. The van der Waals surface area contributed by atoms with Crippen LogP contribution in [-0.2, 0) is 11.3 Å². The molecule has 1 aromatic rings. The molecule has 2 rings (SSSR count). The summed E-state index contributed by atoms with van der Waals surface area (Å²) < 4.78 is 36.6. The molecule has 0 radical (unpaired) electrons. The van der Waals surface area contributed by atoms with Gasteiger partial charge in [0, 0.05) is 25.3 Å². The van der Waals surface area contributed by atoms with Gasteiger partial charge in [-0.1, -0.05) is 18.2 Å². The molecular formula is C14H18F3N3O. The number of amides is 1. The van der Waals surface area contributed by atoms with Gasteiger partial charge in [0.15, 0.2) is 0 Å². The number of fused-ring (bicyclic) bond motifs is 1. The molecule has 1 amide bonds. The Morgan fingerprint density at radius 2 is 2.14 bits per heavy atom. The molecule has 0 bridgehead atoms. The Balaban J connectivity index is 2.11. The Morgan fingerprint density at radius 3 is 2.86 bits per heavy atom. The van der Waals surface area contributed by atoms with Gasteiger partial charge in [-0.05, 0) is 18.6 Å². The van der Waals surface area contributed by atoms with Crippen molar-refractivity contribution in [2.45, 2.75) is 25.7 Å². The predicted octanol–water partition coefficient (Wildman–Crippen LogP) is 1.66. The molecule has 0 aromatic heterocycles. The van der Waals surface area contributed by atoms with Crippen LogP contribution in [0.1, 0.15) is 12.5 Å². The third kappa shape index (κ3) is 4.10. The van der Waals surface area contributed by atoms with Crippen LogP contribution in [-0.4, -0.2) is 37.8 Å². The van der Waals surface area contributed by atoms with Gasteiger partial charge in [-0.25, -0.2) is 0 Å². The molecule has 1 heterocycles. The number of para-hydroxylation sites is 1. The van der Waals surface area contributed by atoms with Crippen LogP contribution >= 0.6 is 0 Å². The van der Waals surface area contributed by atoms with E-state index in [9.17, 15) is 18.0 Å². The summed E-state index contributed by atoms with van der Waals surface area (Å²) in [4.78, 5) is 13.8. The van der Waals surface area contributed by atoms with Gasteiger partial charge in [0.2, 0.25) is 5.91 Å². The van der Waals surface area contributed by atoms with Crippen molar-refractivity contribution in [1.29, 1.82) is 0 Å². The zero-order chi connectivity index (χ0) is 15.5. The van der Waals surface area contributed by atoms with Crippen LogP contribution in [0.15, 0.2) is 24.3 Å². The van der Waals surface area contributed by atoms with Crippen LogP contribution in [0.2, 0.25) is 0 Å². The van der Waals surface area contributed by atoms with Gasteiger partial charge >= 0.3 is 6.18 Å². The number of benzene rings is 1. The van der Waals surface area contributed by atoms with Crippen molar-refractivity contribution in [1.82, 2.24) is 10.6 Å². The molecule has 21 heavy (non-hydrogen) atoms. The van der Waals surface area contributed by atoms with E-state index < -0.39 is 24.7 Å². The first-order valence-electron chi connectivity index (χ1n) is 6.78. The molecule has 7 heteroatoms. The van der Waals surface area contributed by atoms with Gasteiger partial charge in [0.25, 0.3) is 0 Å². The minimum absolute atomic E-state index is 0.567. The molecule has 1 aromatic carbocycles. The lowest BCUT2D eigenvalue weighted by Gasteiger charge is -2.30. The number of hydrogen-bond donors (Lipinski definition) is 2. The Bertz CT molecular complexity index is 504. The molecule has 0 fully saturated rings. The first-order valence-corrected chi connectivity index (χ1v) is 6.78. The lowest BCUT2D eigenvalue weighted by molar-refractivity contribution is -0.138. The second-order valence-electron chi connectivity index (χ2n) is 5.01. The Morgan fingerprint density at radius 1 is 1.43 bits per heavy atom. The van der Waals surface area contributed by atoms with E-state index in [1.54, 1.807) is 6.92 Å². The highest BCUT2D eigenvalue weighted by Crippen LogP contribution is 2.24. The number of anilines is 1. The smallest absolute Gasteiger partial charge is 0.358 e. The molecule has 1 atom stereocenters. The van der Waals surface area contributed by atoms with E-state index in [2.05, 4.69) is 5.32 Å². The minimum atomic E-state index is -4.40. The zero-order valence-electron chi connectivity index (χ0n) is 11.7. The maximum absolute atomic E-state index is 12.2. The summed E-state index contributed by atoms with van der Waals surface area (Å²) in [6.45, 7) is 2.24. The van der Waals surface area contributed by atoms with E-state index in [4.69, 9.17) is 0 Å². The standard InChI is InChI=1S/C14H18F3N3O/c1-10(13(21)19-9-14(15,16)17)20-7-6-18-8-11-4-2-3-5-12(11)20/h2-5,10,18H,6-9H2,1H3,(H,19,21). The van der Waals surface area contributed by atoms with E-state index in [1.807, 2.05) is 34.5 Å².